The Balaban J connectivity index is 2.25. The van der Waals surface area contributed by atoms with E-state index in [1.807, 2.05) is 20.8 Å². The van der Waals surface area contributed by atoms with Crippen molar-refractivity contribution in [3.8, 4) is 0 Å². The van der Waals surface area contributed by atoms with Gasteiger partial charge in [0.25, 0.3) is 0 Å². The van der Waals surface area contributed by atoms with E-state index in [0.717, 1.165) is 38.9 Å². The van der Waals surface area contributed by atoms with Crippen molar-refractivity contribution >= 4 is 6.09 Å². The summed E-state index contributed by atoms with van der Waals surface area (Å²) in [4.78, 5) is 13.9. The van der Waals surface area contributed by atoms with Crippen LogP contribution in [-0.4, -0.2) is 55.0 Å². The number of nitrogens with zero attached hydrogens (tertiary/aromatic N) is 1. The highest BCUT2D eigenvalue weighted by molar-refractivity contribution is 5.68. The van der Waals surface area contributed by atoms with E-state index in [-0.39, 0.29) is 6.09 Å². The summed E-state index contributed by atoms with van der Waals surface area (Å²) in [5.41, 5.74) is -0.440. The van der Waals surface area contributed by atoms with E-state index in [0.29, 0.717) is 18.8 Å². The normalized spacial score (nSPS) is 22.3. The third-order valence-corrected chi connectivity index (χ3v) is 3.40. The zero-order chi connectivity index (χ0) is 15.9. The lowest BCUT2D eigenvalue weighted by molar-refractivity contribution is 0.0247. The third-order valence-electron chi connectivity index (χ3n) is 3.40. The van der Waals surface area contributed by atoms with Gasteiger partial charge in [0.1, 0.15) is 5.60 Å². The number of nitrogens with one attached hydrogen (secondary N) is 1. The van der Waals surface area contributed by atoms with Crippen molar-refractivity contribution in [3.05, 3.63) is 0 Å². The standard InChI is InChI=1S/C16H32N2O3/c1-6-10-18(15(19)21-16(3,4)5)11-9-17-12-14-8-7-13(2)20-14/h13-14,17H,6-12H2,1-5H3. The second kappa shape index (κ2) is 8.59. The van der Waals surface area contributed by atoms with Crippen molar-refractivity contribution in [2.75, 3.05) is 26.2 Å². The molecule has 0 aromatic rings. The molecule has 5 heteroatoms. The molecule has 0 bridgehead atoms. The Hall–Kier alpha value is -0.810. The van der Waals surface area contributed by atoms with Gasteiger partial charge in [0.2, 0.25) is 0 Å². The van der Waals surface area contributed by atoms with Gasteiger partial charge in [0.15, 0.2) is 0 Å². The maximum atomic E-state index is 12.1. The van der Waals surface area contributed by atoms with E-state index >= 15 is 0 Å². The van der Waals surface area contributed by atoms with Crippen LogP contribution >= 0.6 is 0 Å². The third kappa shape index (κ3) is 7.67. The molecule has 1 saturated heterocycles. The molecular formula is C16H32N2O3. The number of amides is 1. The molecule has 0 saturated carbocycles. The number of rotatable bonds is 7. The highest BCUT2D eigenvalue weighted by atomic mass is 16.6. The van der Waals surface area contributed by atoms with Crippen LogP contribution in [0.4, 0.5) is 4.79 Å². The Bertz CT molecular complexity index is 315. The van der Waals surface area contributed by atoms with Crippen molar-refractivity contribution in [2.45, 2.75) is 71.7 Å². The predicted octanol–water partition coefficient (Wildman–Crippen LogP) is 2.79. The van der Waals surface area contributed by atoms with Crippen LogP contribution in [0.3, 0.4) is 0 Å². The van der Waals surface area contributed by atoms with Crippen LogP contribution in [0, 0.1) is 0 Å². The minimum Gasteiger partial charge on any atom is -0.444 e. The maximum Gasteiger partial charge on any atom is 0.410 e. The van der Waals surface area contributed by atoms with Gasteiger partial charge in [-0.15, -0.1) is 0 Å². The molecule has 2 atom stereocenters. The van der Waals surface area contributed by atoms with Gasteiger partial charge < -0.3 is 19.7 Å². The van der Waals surface area contributed by atoms with Crippen LogP contribution in [0.2, 0.25) is 0 Å². The predicted molar refractivity (Wildman–Crippen MR) is 84.5 cm³/mol. The lowest BCUT2D eigenvalue weighted by atomic mass is 10.2. The Labute approximate surface area is 129 Å². The molecule has 0 radical (unpaired) electrons. The van der Waals surface area contributed by atoms with Gasteiger partial charge in [-0.05, 0) is 47.0 Å². The molecule has 0 aromatic carbocycles. The van der Waals surface area contributed by atoms with Crippen LogP contribution in [0.5, 0.6) is 0 Å². The first-order valence-corrected chi connectivity index (χ1v) is 8.16. The van der Waals surface area contributed by atoms with E-state index in [4.69, 9.17) is 9.47 Å². The molecule has 1 rings (SSSR count). The molecule has 124 valence electrons. The largest absolute Gasteiger partial charge is 0.444 e. The maximum absolute atomic E-state index is 12.1. The zero-order valence-corrected chi connectivity index (χ0v) is 14.3. The summed E-state index contributed by atoms with van der Waals surface area (Å²) in [6, 6.07) is 0. The number of hydrogen-bond donors (Lipinski definition) is 1. The van der Waals surface area contributed by atoms with Crippen LogP contribution in [0.15, 0.2) is 0 Å². The smallest absolute Gasteiger partial charge is 0.410 e. The lowest BCUT2D eigenvalue weighted by Gasteiger charge is -2.27. The minimum atomic E-state index is -0.440. The van der Waals surface area contributed by atoms with Crippen LogP contribution in [0.25, 0.3) is 0 Å². The van der Waals surface area contributed by atoms with Crippen molar-refractivity contribution in [3.63, 3.8) is 0 Å². The summed E-state index contributed by atoms with van der Waals surface area (Å²) < 4.78 is 11.2. The summed E-state index contributed by atoms with van der Waals surface area (Å²) in [5.74, 6) is 0. The van der Waals surface area contributed by atoms with Crippen molar-refractivity contribution in [1.82, 2.24) is 10.2 Å². The fourth-order valence-electron chi connectivity index (χ4n) is 2.40. The molecule has 1 N–H and O–H groups in total. The molecule has 1 amide bonds. The monoisotopic (exact) mass is 300 g/mol. The highest BCUT2D eigenvalue weighted by Crippen LogP contribution is 2.18. The van der Waals surface area contributed by atoms with Gasteiger partial charge >= 0.3 is 6.09 Å². The van der Waals surface area contributed by atoms with Crippen LogP contribution in [0.1, 0.15) is 53.9 Å². The highest BCUT2D eigenvalue weighted by Gasteiger charge is 2.23. The van der Waals surface area contributed by atoms with E-state index < -0.39 is 5.60 Å². The van der Waals surface area contributed by atoms with Gasteiger partial charge in [-0.2, -0.15) is 0 Å². The van der Waals surface area contributed by atoms with E-state index in [1.54, 1.807) is 4.90 Å². The fourth-order valence-corrected chi connectivity index (χ4v) is 2.40. The number of hydrogen-bond acceptors (Lipinski definition) is 4. The Kier molecular flexibility index (Phi) is 7.46. The second-order valence-corrected chi connectivity index (χ2v) is 6.82. The first-order valence-electron chi connectivity index (χ1n) is 8.16. The van der Waals surface area contributed by atoms with Crippen molar-refractivity contribution < 1.29 is 14.3 Å². The molecule has 1 aliphatic rings. The van der Waals surface area contributed by atoms with Gasteiger partial charge in [0, 0.05) is 26.2 Å². The van der Waals surface area contributed by atoms with Gasteiger partial charge in [-0.3, -0.25) is 0 Å². The topological polar surface area (TPSA) is 50.8 Å². The van der Waals surface area contributed by atoms with Crippen LogP contribution < -0.4 is 5.32 Å². The number of ether oxygens (including phenoxy) is 2. The van der Waals surface area contributed by atoms with Crippen LogP contribution in [-0.2, 0) is 9.47 Å². The average molecular weight is 300 g/mol. The lowest BCUT2D eigenvalue weighted by Crippen LogP contribution is -2.41. The molecule has 1 heterocycles. The molecule has 2 unspecified atom stereocenters. The Morgan fingerprint density at radius 3 is 2.57 bits per heavy atom. The second-order valence-electron chi connectivity index (χ2n) is 6.82. The van der Waals surface area contributed by atoms with E-state index in [2.05, 4.69) is 19.2 Å². The fraction of sp³-hybridized carbons (Fsp3) is 0.938. The van der Waals surface area contributed by atoms with E-state index in [9.17, 15) is 4.79 Å². The summed E-state index contributed by atoms with van der Waals surface area (Å²) in [5, 5.41) is 3.38. The molecule has 5 nitrogen and oxygen atoms in total. The minimum absolute atomic E-state index is 0.225. The summed E-state index contributed by atoms with van der Waals surface area (Å²) in [6.45, 7) is 12.9. The molecule has 1 fully saturated rings. The molecule has 21 heavy (non-hydrogen) atoms. The van der Waals surface area contributed by atoms with Gasteiger partial charge in [-0.25, -0.2) is 4.79 Å². The summed E-state index contributed by atoms with van der Waals surface area (Å²) >= 11 is 0. The Morgan fingerprint density at radius 2 is 2.05 bits per heavy atom. The molecule has 1 aliphatic heterocycles. The number of carbonyl (C=O) groups excluding carboxylic acids is 1. The SMILES string of the molecule is CCCN(CCNCC1CCC(C)O1)C(=O)OC(C)(C)C. The quantitative estimate of drug-likeness (QED) is 0.735. The van der Waals surface area contributed by atoms with Crippen molar-refractivity contribution in [1.29, 1.82) is 0 Å². The molecule has 0 aliphatic carbocycles. The molecule has 0 spiro atoms. The zero-order valence-electron chi connectivity index (χ0n) is 14.3. The first kappa shape index (κ1) is 18.2. The molecular weight excluding hydrogens is 268 g/mol. The molecule has 0 aromatic heterocycles. The van der Waals surface area contributed by atoms with Crippen molar-refractivity contribution in [2.24, 2.45) is 0 Å². The van der Waals surface area contributed by atoms with Gasteiger partial charge in [0.05, 0.1) is 12.2 Å². The number of carbonyl (C=O) groups is 1. The average Bonchev–Trinajstić information content (AvgIpc) is 2.77. The Morgan fingerprint density at radius 1 is 1.33 bits per heavy atom. The first-order chi connectivity index (χ1) is 9.81. The van der Waals surface area contributed by atoms with E-state index in [1.165, 1.54) is 0 Å². The summed E-state index contributed by atoms with van der Waals surface area (Å²) in [6.07, 6.45) is 3.68. The summed E-state index contributed by atoms with van der Waals surface area (Å²) in [7, 11) is 0. The van der Waals surface area contributed by atoms with Gasteiger partial charge in [-0.1, -0.05) is 6.92 Å².